The molecule has 0 aliphatic carbocycles. The van der Waals surface area contributed by atoms with Crippen LogP contribution >= 0.6 is 23.1 Å². The minimum Gasteiger partial charge on any atom is -0.292 e. The predicted molar refractivity (Wildman–Crippen MR) is 75.1 cm³/mol. The monoisotopic (exact) mass is 298 g/mol. The van der Waals surface area contributed by atoms with Crippen molar-refractivity contribution in [3.05, 3.63) is 51.7 Å². The Morgan fingerprint density at radius 3 is 2.63 bits per heavy atom. The molecule has 0 bridgehead atoms. The van der Waals surface area contributed by atoms with Crippen molar-refractivity contribution in [3.63, 3.8) is 0 Å². The van der Waals surface area contributed by atoms with Gasteiger partial charge in [0.15, 0.2) is 17.4 Å². The fraction of sp³-hybridized carbons (Fsp3) is 0.214. The van der Waals surface area contributed by atoms with Crippen LogP contribution in [0.3, 0.4) is 0 Å². The molecule has 1 heterocycles. The molecular formula is C14H12F2OS2. The first-order valence-electron chi connectivity index (χ1n) is 5.80. The fourth-order valence-corrected chi connectivity index (χ4v) is 3.29. The van der Waals surface area contributed by atoms with Crippen LogP contribution in [0.1, 0.15) is 21.5 Å². The maximum absolute atomic E-state index is 13.0. The normalized spacial score (nSPS) is 10.7. The predicted octanol–water partition coefficient (Wildman–Crippen LogP) is 4.56. The molecule has 5 heteroatoms. The molecule has 0 radical (unpaired) electrons. The van der Waals surface area contributed by atoms with Crippen molar-refractivity contribution in [3.8, 4) is 0 Å². The highest BCUT2D eigenvalue weighted by Gasteiger charge is 2.10. The molecule has 0 fully saturated rings. The summed E-state index contributed by atoms with van der Waals surface area (Å²) in [7, 11) is 0. The number of thioether (sulfide) groups is 1. The lowest BCUT2D eigenvalue weighted by Gasteiger charge is -2.01. The van der Waals surface area contributed by atoms with Gasteiger partial charge in [-0.15, -0.1) is 23.1 Å². The number of benzene rings is 1. The van der Waals surface area contributed by atoms with Crippen LogP contribution in [-0.2, 0) is 6.42 Å². The second kappa shape index (κ2) is 6.30. The van der Waals surface area contributed by atoms with Crippen LogP contribution in [0.2, 0.25) is 0 Å². The standard InChI is InChI=1S/C14H12F2OS2/c1-2-9-4-6-14(19-9)13(17)8-18-10-3-5-11(15)12(16)7-10/h3-7H,2,8H2,1H3. The zero-order chi connectivity index (χ0) is 13.8. The molecular weight excluding hydrogens is 286 g/mol. The molecule has 1 nitrogen and oxygen atoms in total. The van der Waals surface area contributed by atoms with E-state index in [-0.39, 0.29) is 11.5 Å². The van der Waals surface area contributed by atoms with Gasteiger partial charge in [-0.1, -0.05) is 6.92 Å². The van der Waals surface area contributed by atoms with Crippen molar-refractivity contribution in [1.82, 2.24) is 0 Å². The number of ketones is 1. The third-order valence-corrected chi connectivity index (χ3v) is 4.81. The van der Waals surface area contributed by atoms with Gasteiger partial charge in [-0.25, -0.2) is 8.78 Å². The number of thiophene rings is 1. The van der Waals surface area contributed by atoms with Gasteiger partial charge in [0.2, 0.25) is 0 Å². The molecule has 1 aromatic carbocycles. The second-order valence-electron chi connectivity index (χ2n) is 3.91. The number of rotatable bonds is 5. The third kappa shape index (κ3) is 3.64. The lowest BCUT2D eigenvalue weighted by molar-refractivity contribution is 0.102. The highest BCUT2D eigenvalue weighted by atomic mass is 32.2. The van der Waals surface area contributed by atoms with Crippen LogP contribution in [0.25, 0.3) is 0 Å². The average Bonchev–Trinajstić information content (AvgIpc) is 2.88. The van der Waals surface area contributed by atoms with Crippen LogP contribution in [0.5, 0.6) is 0 Å². The summed E-state index contributed by atoms with van der Waals surface area (Å²) in [5.41, 5.74) is 0. The average molecular weight is 298 g/mol. The summed E-state index contributed by atoms with van der Waals surface area (Å²) in [4.78, 5) is 14.4. The van der Waals surface area contributed by atoms with Crippen LogP contribution in [0.4, 0.5) is 8.78 Å². The number of carbonyl (C=O) groups is 1. The van der Waals surface area contributed by atoms with E-state index in [9.17, 15) is 13.6 Å². The summed E-state index contributed by atoms with van der Waals surface area (Å²) >= 11 is 2.70. The third-order valence-electron chi connectivity index (χ3n) is 2.55. The van der Waals surface area contributed by atoms with Crippen molar-refractivity contribution in [2.45, 2.75) is 18.2 Å². The van der Waals surface area contributed by atoms with Crippen LogP contribution in [0, 0.1) is 11.6 Å². The number of Topliss-reactive ketones (excluding diaryl/α,β-unsaturated/α-hetero) is 1. The number of hydrogen-bond acceptors (Lipinski definition) is 3. The van der Waals surface area contributed by atoms with Crippen molar-refractivity contribution >= 4 is 28.9 Å². The van der Waals surface area contributed by atoms with Gasteiger partial charge >= 0.3 is 0 Å². The molecule has 2 rings (SSSR count). The van der Waals surface area contributed by atoms with E-state index in [1.807, 2.05) is 19.1 Å². The number of hydrogen-bond donors (Lipinski definition) is 0. The minimum absolute atomic E-state index is 0.0134. The topological polar surface area (TPSA) is 17.1 Å². The Balaban J connectivity index is 1.98. The first-order valence-corrected chi connectivity index (χ1v) is 7.60. The summed E-state index contributed by atoms with van der Waals surface area (Å²) in [5.74, 6) is -1.52. The van der Waals surface area contributed by atoms with Crippen molar-refractivity contribution in [2.75, 3.05) is 5.75 Å². The van der Waals surface area contributed by atoms with E-state index in [2.05, 4.69) is 0 Å². The molecule has 0 N–H and O–H groups in total. The molecule has 0 aliphatic rings. The Morgan fingerprint density at radius 1 is 1.21 bits per heavy atom. The van der Waals surface area contributed by atoms with Crippen molar-refractivity contribution in [2.24, 2.45) is 0 Å². The second-order valence-corrected chi connectivity index (χ2v) is 6.12. The smallest absolute Gasteiger partial charge is 0.182 e. The number of carbonyl (C=O) groups excluding carboxylic acids is 1. The van der Waals surface area contributed by atoms with Gasteiger partial charge in [0.1, 0.15) is 0 Å². The maximum Gasteiger partial charge on any atom is 0.182 e. The Hall–Kier alpha value is -1.20. The summed E-state index contributed by atoms with van der Waals surface area (Å²) in [6.45, 7) is 2.04. The van der Waals surface area contributed by atoms with E-state index in [0.717, 1.165) is 18.6 Å². The van der Waals surface area contributed by atoms with Gasteiger partial charge in [-0.05, 0) is 36.8 Å². The van der Waals surface area contributed by atoms with E-state index < -0.39 is 11.6 Å². The molecule has 0 unspecified atom stereocenters. The van der Waals surface area contributed by atoms with Crippen LogP contribution in [0.15, 0.2) is 35.2 Å². The van der Waals surface area contributed by atoms with E-state index >= 15 is 0 Å². The summed E-state index contributed by atoms with van der Waals surface area (Å²) in [5, 5.41) is 0. The largest absolute Gasteiger partial charge is 0.292 e. The summed E-state index contributed by atoms with van der Waals surface area (Å²) in [6, 6.07) is 7.42. The number of halogens is 2. The highest BCUT2D eigenvalue weighted by Crippen LogP contribution is 2.24. The van der Waals surface area contributed by atoms with Gasteiger partial charge < -0.3 is 0 Å². The lowest BCUT2D eigenvalue weighted by Crippen LogP contribution is -1.99. The molecule has 0 aliphatic heterocycles. The lowest BCUT2D eigenvalue weighted by atomic mass is 10.3. The molecule has 2 aromatic rings. The molecule has 100 valence electrons. The molecule has 0 spiro atoms. The molecule has 1 aromatic heterocycles. The molecule has 0 amide bonds. The molecule has 19 heavy (non-hydrogen) atoms. The zero-order valence-corrected chi connectivity index (χ0v) is 11.9. The summed E-state index contributed by atoms with van der Waals surface area (Å²) in [6.07, 6.45) is 0.911. The quantitative estimate of drug-likeness (QED) is 0.594. The molecule has 0 atom stereocenters. The Kier molecular flexibility index (Phi) is 4.71. The van der Waals surface area contributed by atoms with Crippen molar-refractivity contribution < 1.29 is 13.6 Å². The van der Waals surface area contributed by atoms with E-state index in [4.69, 9.17) is 0 Å². The van der Waals surface area contributed by atoms with E-state index in [1.54, 1.807) is 0 Å². The van der Waals surface area contributed by atoms with E-state index in [0.29, 0.717) is 9.77 Å². The minimum atomic E-state index is -0.887. The first-order chi connectivity index (χ1) is 9.10. The first kappa shape index (κ1) is 14.2. The van der Waals surface area contributed by atoms with Crippen molar-refractivity contribution in [1.29, 1.82) is 0 Å². The van der Waals surface area contributed by atoms with Gasteiger partial charge in [0.25, 0.3) is 0 Å². The van der Waals surface area contributed by atoms with Gasteiger partial charge in [0, 0.05) is 9.77 Å². The SMILES string of the molecule is CCc1ccc(C(=O)CSc2ccc(F)c(F)c2)s1. The Morgan fingerprint density at radius 2 is 2.00 bits per heavy atom. The van der Waals surface area contributed by atoms with Crippen LogP contribution < -0.4 is 0 Å². The Labute approximate surface area is 118 Å². The summed E-state index contributed by atoms with van der Waals surface area (Å²) < 4.78 is 25.8. The van der Waals surface area contributed by atoms with Gasteiger partial charge in [-0.2, -0.15) is 0 Å². The van der Waals surface area contributed by atoms with Gasteiger partial charge in [-0.3, -0.25) is 4.79 Å². The van der Waals surface area contributed by atoms with Gasteiger partial charge in [0.05, 0.1) is 10.6 Å². The van der Waals surface area contributed by atoms with E-state index in [1.165, 1.54) is 34.0 Å². The zero-order valence-electron chi connectivity index (χ0n) is 10.3. The Bertz CT molecular complexity index is 593. The fourth-order valence-electron chi connectivity index (χ4n) is 1.50. The molecule has 0 saturated heterocycles. The van der Waals surface area contributed by atoms with Crippen LogP contribution in [-0.4, -0.2) is 11.5 Å². The number of aryl methyl sites for hydroxylation is 1. The highest BCUT2D eigenvalue weighted by molar-refractivity contribution is 8.00. The maximum atomic E-state index is 13.0. The molecule has 0 saturated carbocycles.